The molecule has 1 aromatic heterocycles. The second-order valence-electron chi connectivity index (χ2n) is 5.51. The molecule has 20 heavy (non-hydrogen) atoms. The Bertz CT molecular complexity index is 409. The molecule has 0 amide bonds. The summed E-state index contributed by atoms with van der Waals surface area (Å²) in [4.78, 5) is 4.68. The molecule has 0 radical (unpaired) electrons. The number of pyridine rings is 1. The second kappa shape index (κ2) is 8.20. The van der Waals surface area contributed by atoms with Gasteiger partial charge >= 0.3 is 0 Å². The standard InChI is InChI=1S/C16H26FN3/c1-2-14(17)12-18-10-4-3-7-15-9-8-13-6-5-11-19-16(13)20-15/h8-9,14,18H,2-7,10-12H2,1H3,(H,19,20)/t14-/m1/s1. The molecule has 1 aliphatic heterocycles. The highest BCUT2D eigenvalue weighted by atomic mass is 19.1. The predicted molar refractivity (Wildman–Crippen MR) is 82.0 cm³/mol. The van der Waals surface area contributed by atoms with E-state index in [0.29, 0.717) is 13.0 Å². The van der Waals surface area contributed by atoms with Gasteiger partial charge in [-0.1, -0.05) is 13.0 Å². The van der Waals surface area contributed by atoms with Gasteiger partial charge < -0.3 is 10.6 Å². The van der Waals surface area contributed by atoms with Crippen molar-refractivity contribution in [1.29, 1.82) is 0 Å². The summed E-state index contributed by atoms with van der Waals surface area (Å²) in [5, 5.41) is 6.53. The van der Waals surface area contributed by atoms with Crippen LogP contribution in [0.4, 0.5) is 10.2 Å². The van der Waals surface area contributed by atoms with Crippen molar-refractivity contribution in [2.45, 2.75) is 51.6 Å². The van der Waals surface area contributed by atoms with E-state index in [0.717, 1.165) is 50.3 Å². The lowest BCUT2D eigenvalue weighted by molar-refractivity contribution is 0.310. The maximum absolute atomic E-state index is 13.0. The quantitative estimate of drug-likeness (QED) is 0.718. The fourth-order valence-electron chi connectivity index (χ4n) is 2.47. The zero-order valence-corrected chi connectivity index (χ0v) is 12.4. The Hall–Kier alpha value is -1.16. The summed E-state index contributed by atoms with van der Waals surface area (Å²) in [6.45, 7) is 4.29. The minimum Gasteiger partial charge on any atom is -0.370 e. The first-order valence-corrected chi connectivity index (χ1v) is 7.87. The first-order valence-electron chi connectivity index (χ1n) is 7.87. The number of rotatable bonds is 8. The number of alkyl halides is 1. The Morgan fingerprint density at radius 1 is 1.40 bits per heavy atom. The number of fused-ring (bicyclic) bond motifs is 1. The summed E-state index contributed by atoms with van der Waals surface area (Å²) in [5.41, 5.74) is 2.50. The lowest BCUT2D eigenvalue weighted by Gasteiger charge is -2.17. The average molecular weight is 279 g/mol. The van der Waals surface area contributed by atoms with Crippen LogP contribution >= 0.6 is 0 Å². The van der Waals surface area contributed by atoms with Crippen molar-refractivity contribution in [2.24, 2.45) is 0 Å². The van der Waals surface area contributed by atoms with Gasteiger partial charge in [-0.3, -0.25) is 0 Å². The number of aryl methyl sites for hydroxylation is 2. The molecule has 0 aromatic carbocycles. The van der Waals surface area contributed by atoms with Gasteiger partial charge in [-0.25, -0.2) is 9.37 Å². The number of nitrogens with zero attached hydrogens (tertiary/aromatic N) is 1. The Morgan fingerprint density at radius 2 is 2.30 bits per heavy atom. The lowest BCUT2D eigenvalue weighted by Crippen LogP contribution is -2.24. The van der Waals surface area contributed by atoms with Crippen molar-refractivity contribution in [2.75, 3.05) is 25.0 Å². The van der Waals surface area contributed by atoms with Crippen LogP contribution in [0.15, 0.2) is 12.1 Å². The van der Waals surface area contributed by atoms with Crippen molar-refractivity contribution in [3.63, 3.8) is 0 Å². The van der Waals surface area contributed by atoms with Gasteiger partial charge in [-0.2, -0.15) is 0 Å². The van der Waals surface area contributed by atoms with Crippen LogP contribution in [-0.2, 0) is 12.8 Å². The molecule has 2 N–H and O–H groups in total. The summed E-state index contributed by atoms with van der Waals surface area (Å²) in [7, 11) is 0. The molecule has 1 aliphatic rings. The molecule has 0 fully saturated rings. The third kappa shape index (κ3) is 4.75. The first-order chi connectivity index (χ1) is 9.79. The number of hydrogen-bond acceptors (Lipinski definition) is 3. The number of aromatic nitrogens is 1. The minimum atomic E-state index is -0.705. The molecule has 1 aromatic rings. The van der Waals surface area contributed by atoms with Crippen LogP contribution in [0.3, 0.4) is 0 Å². The van der Waals surface area contributed by atoms with Gasteiger partial charge in [0.05, 0.1) is 0 Å². The third-order valence-corrected chi connectivity index (χ3v) is 3.80. The zero-order chi connectivity index (χ0) is 14.2. The zero-order valence-electron chi connectivity index (χ0n) is 12.4. The topological polar surface area (TPSA) is 37.0 Å². The summed E-state index contributed by atoms with van der Waals surface area (Å²) < 4.78 is 13.0. The molecule has 0 spiro atoms. The number of unbranched alkanes of at least 4 members (excludes halogenated alkanes) is 1. The number of halogens is 1. The summed E-state index contributed by atoms with van der Waals surface area (Å²) in [5.74, 6) is 1.08. The Balaban J connectivity index is 1.64. The van der Waals surface area contributed by atoms with E-state index in [9.17, 15) is 4.39 Å². The van der Waals surface area contributed by atoms with Crippen molar-refractivity contribution in [3.8, 4) is 0 Å². The minimum absolute atomic E-state index is 0.484. The van der Waals surface area contributed by atoms with Crippen LogP contribution < -0.4 is 10.6 Å². The van der Waals surface area contributed by atoms with Crippen molar-refractivity contribution < 1.29 is 4.39 Å². The van der Waals surface area contributed by atoms with Crippen molar-refractivity contribution in [3.05, 3.63) is 23.4 Å². The fraction of sp³-hybridized carbons (Fsp3) is 0.688. The largest absolute Gasteiger partial charge is 0.370 e. The highest BCUT2D eigenvalue weighted by molar-refractivity contribution is 5.46. The fourth-order valence-corrected chi connectivity index (χ4v) is 2.47. The first kappa shape index (κ1) is 15.2. The molecule has 4 heteroatoms. The number of nitrogens with one attached hydrogen (secondary N) is 2. The molecule has 3 nitrogen and oxygen atoms in total. The van der Waals surface area contributed by atoms with E-state index in [1.807, 2.05) is 6.92 Å². The normalized spacial score (nSPS) is 15.5. The van der Waals surface area contributed by atoms with Crippen LogP contribution in [0.2, 0.25) is 0 Å². The maximum Gasteiger partial charge on any atom is 0.129 e. The molecule has 0 saturated heterocycles. The van der Waals surface area contributed by atoms with Gasteiger partial charge in [-0.15, -0.1) is 0 Å². The maximum atomic E-state index is 13.0. The molecule has 0 unspecified atom stereocenters. The second-order valence-corrected chi connectivity index (χ2v) is 5.51. The van der Waals surface area contributed by atoms with E-state index in [-0.39, 0.29) is 0 Å². The molecular formula is C16H26FN3. The summed E-state index contributed by atoms with van der Waals surface area (Å²) in [6, 6.07) is 4.35. The Kier molecular flexibility index (Phi) is 6.25. The summed E-state index contributed by atoms with van der Waals surface area (Å²) >= 11 is 0. The molecule has 1 atom stereocenters. The van der Waals surface area contributed by atoms with E-state index in [1.54, 1.807) is 0 Å². The van der Waals surface area contributed by atoms with Crippen molar-refractivity contribution >= 4 is 5.82 Å². The predicted octanol–water partition coefficient (Wildman–Crippen LogP) is 3.10. The number of hydrogen-bond donors (Lipinski definition) is 2. The van der Waals surface area contributed by atoms with Crippen LogP contribution in [0.5, 0.6) is 0 Å². The van der Waals surface area contributed by atoms with E-state index < -0.39 is 6.17 Å². The monoisotopic (exact) mass is 279 g/mol. The van der Waals surface area contributed by atoms with Gasteiger partial charge in [0.15, 0.2) is 0 Å². The molecular weight excluding hydrogens is 253 g/mol. The highest BCUT2D eigenvalue weighted by Gasteiger charge is 2.09. The molecule has 2 rings (SSSR count). The SMILES string of the molecule is CC[C@@H](F)CNCCCCc1ccc2c(n1)NCCC2. The number of anilines is 1. The molecule has 0 bridgehead atoms. The highest BCUT2D eigenvalue weighted by Crippen LogP contribution is 2.20. The van der Waals surface area contributed by atoms with Crippen molar-refractivity contribution in [1.82, 2.24) is 10.3 Å². The van der Waals surface area contributed by atoms with Crippen LogP contribution in [0, 0.1) is 0 Å². The average Bonchev–Trinajstić information content (AvgIpc) is 2.50. The van der Waals surface area contributed by atoms with Gasteiger partial charge in [-0.05, 0) is 56.7 Å². The van der Waals surface area contributed by atoms with Crippen LogP contribution in [-0.4, -0.2) is 30.8 Å². The van der Waals surface area contributed by atoms with Gasteiger partial charge in [0, 0.05) is 18.8 Å². The van der Waals surface area contributed by atoms with E-state index in [1.165, 1.54) is 12.0 Å². The lowest BCUT2D eigenvalue weighted by atomic mass is 10.1. The van der Waals surface area contributed by atoms with E-state index in [2.05, 4.69) is 27.8 Å². The Labute approximate surface area is 121 Å². The van der Waals surface area contributed by atoms with Crippen LogP contribution in [0.25, 0.3) is 0 Å². The van der Waals surface area contributed by atoms with Gasteiger partial charge in [0.2, 0.25) is 0 Å². The molecule has 0 aliphatic carbocycles. The Morgan fingerprint density at radius 3 is 3.15 bits per heavy atom. The smallest absolute Gasteiger partial charge is 0.129 e. The summed E-state index contributed by atoms with van der Waals surface area (Å²) in [6.07, 6.45) is 5.41. The molecule has 112 valence electrons. The van der Waals surface area contributed by atoms with E-state index in [4.69, 9.17) is 0 Å². The molecule has 2 heterocycles. The third-order valence-electron chi connectivity index (χ3n) is 3.80. The van der Waals surface area contributed by atoms with Crippen LogP contribution in [0.1, 0.15) is 43.9 Å². The molecule has 0 saturated carbocycles. The van der Waals surface area contributed by atoms with E-state index >= 15 is 0 Å². The van der Waals surface area contributed by atoms with Gasteiger partial charge in [0.1, 0.15) is 12.0 Å². The van der Waals surface area contributed by atoms with Gasteiger partial charge in [0.25, 0.3) is 0 Å².